The Bertz CT molecular complexity index is 825. The molecule has 5 nitrogen and oxygen atoms in total. The molecule has 1 unspecified atom stereocenters. The molecule has 1 aliphatic heterocycles. The number of amides is 2. The first-order valence-electron chi connectivity index (χ1n) is 9.81. The van der Waals surface area contributed by atoms with Crippen LogP contribution in [0.25, 0.3) is 10.9 Å². The van der Waals surface area contributed by atoms with Crippen LogP contribution in [0.1, 0.15) is 42.5 Å². The summed E-state index contributed by atoms with van der Waals surface area (Å²) in [7, 11) is 3.61. The van der Waals surface area contributed by atoms with Crippen molar-refractivity contribution in [1.82, 2.24) is 20.1 Å². The fraction of sp³-hybridized carbons (Fsp3) is 0.571. The van der Waals surface area contributed by atoms with Crippen LogP contribution in [0.15, 0.2) is 18.2 Å². The first-order valence-corrected chi connectivity index (χ1v) is 9.81. The number of nitrogens with one attached hydrogen (secondary N) is 2. The van der Waals surface area contributed by atoms with Crippen LogP contribution < -0.4 is 5.32 Å². The zero-order valence-corrected chi connectivity index (χ0v) is 16.3. The highest BCUT2D eigenvalue weighted by Crippen LogP contribution is 2.44. The Morgan fingerprint density at radius 1 is 1.38 bits per heavy atom. The highest BCUT2D eigenvalue weighted by Gasteiger charge is 2.41. The monoisotopic (exact) mass is 354 g/mol. The lowest BCUT2D eigenvalue weighted by molar-refractivity contribution is 0.0989. The highest BCUT2D eigenvalue weighted by molar-refractivity contribution is 5.89. The van der Waals surface area contributed by atoms with E-state index in [0.717, 1.165) is 32.4 Å². The number of carbonyl (C=O) groups excluding carboxylic acids is 1. The minimum Gasteiger partial charge on any atom is -0.358 e. The molecule has 0 spiro atoms. The Balaban J connectivity index is 1.71. The third kappa shape index (κ3) is 2.78. The molecule has 26 heavy (non-hydrogen) atoms. The quantitative estimate of drug-likeness (QED) is 0.889. The number of carbonyl (C=O) groups is 1. The molecule has 4 rings (SSSR count). The van der Waals surface area contributed by atoms with E-state index in [2.05, 4.69) is 47.2 Å². The van der Waals surface area contributed by atoms with Gasteiger partial charge in [-0.1, -0.05) is 19.1 Å². The van der Waals surface area contributed by atoms with E-state index in [1.165, 1.54) is 27.7 Å². The van der Waals surface area contributed by atoms with Gasteiger partial charge in [0.15, 0.2) is 0 Å². The van der Waals surface area contributed by atoms with E-state index in [-0.39, 0.29) is 12.1 Å². The third-order valence-corrected chi connectivity index (χ3v) is 6.16. The maximum atomic E-state index is 12.2. The molecule has 1 fully saturated rings. The topological polar surface area (TPSA) is 51.4 Å². The summed E-state index contributed by atoms with van der Waals surface area (Å²) in [5.41, 5.74) is 5.53. The first kappa shape index (κ1) is 17.4. The lowest BCUT2D eigenvalue weighted by Gasteiger charge is -2.47. The van der Waals surface area contributed by atoms with Crippen molar-refractivity contribution in [2.24, 2.45) is 0 Å². The summed E-state index contributed by atoms with van der Waals surface area (Å²) >= 11 is 0. The summed E-state index contributed by atoms with van der Waals surface area (Å²) in [5.74, 6) is 0.481. The molecule has 140 valence electrons. The molecular weight excluding hydrogens is 324 g/mol. The largest absolute Gasteiger partial charge is 0.358 e. The van der Waals surface area contributed by atoms with Crippen LogP contribution in [-0.4, -0.2) is 60.1 Å². The van der Waals surface area contributed by atoms with E-state index < -0.39 is 0 Å². The molecule has 1 aliphatic carbocycles. The molecule has 3 atom stereocenters. The molecule has 2 amide bonds. The molecule has 5 heteroatoms. The van der Waals surface area contributed by atoms with Crippen LogP contribution in [0.3, 0.4) is 0 Å². The number of piperidine rings is 1. The molecule has 0 bridgehead atoms. The van der Waals surface area contributed by atoms with Crippen LogP contribution in [0.5, 0.6) is 0 Å². The summed E-state index contributed by atoms with van der Waals surface area (Å²) < 4.78 is 0. The highest BCUT2D eigenvalue weighted by atomic mass is 16.2. The van der Waals surface area contributed by atoms with Crippen molar-refractivity contribution in [3.05, 3.63) is 35.0 Å². The molecule has 0 radical (unpaired) electrons. The third-order valence-electron chi connectivity index (χ3n) is 6.16. The zero-order chi connectivity index (χ0) is 18.4. The molecule has 2 aromatic rings. The molecule has 2 N–H and O–H groups in total. The number of rotatable bonds is 3. The standard InChI is InChI=1S/C21H30N4O/c1-5-9-25-12-14(23-21(26)24(3)4)10-17-15-7-6-8-18-20(15)16(11-19(17)25)13(2)22-18/h6-8,14,17,19,22H,5,9-12H2,1-4H3,(H,23,26)/t14-,17?,19+/m0/s1. The van der Waals surface area contributed by atoms with E-state index in [9.17, 15) is 4.79 Å². The molecule has 1 aromatic heterocycles. The summed E-state index contributed by atoms with van der Waals surface area (Å²) in [4.78, 5) is 20.0. The van der Waals surface area contributed by atoms with Crippen molar-refractivity contribution in [1.29, 1.82) is 0 Å². The summed E-state index contributed by atoms with van der Waals surface area (Å²) in [6.45, 7) is 6.48. The van der Waals surface area contributed by atoms with E-state index in [0.29, 0.717) is 12.0 Å². The van der Waals surface area contributed by atoms with Crippen molar-refractivity contribution in [3.8, 4) is 0 Å². The molecule has 1 aromatic carbocycles. The summed E-state index contributed by atoms with van der Waals surface area (Å²) in [6.07, 6.45) is 3.27. The number of urea groups is 1. The normalized spacial score (nSPS) is 25.2. The second-order valence-electron chi connectivity index (χ2n) is 8.15. The van der Waals surface area contributed by atoms with Crippen LogP contribution in [-0.2, 0) is 6.42 Å². The van der Waals surface area contributed by atoms with Gasteiger partial charge in [0.05, 0.1) is 0 Å². The minimum atomic E-state index is 0.0112. The number of hydrogen-bond donors (Lipinski definition) is 2. The number of hydrogen-bond acceptors (Lipinski definition) is 2. The van der Waals surface area contributed by atoms with Crippen molar-refractivity contribution < 1.29 is 4.79 Å². The Morgan fingerprint density at radius 3 is 2.92 bits per heavy atom. The van der Waals surface area contributed by atoms with Gasteiger partial charge < -0.3 is 15.2 Å². The van der Waals surface area contributed by atoms with E-state index in [1.54, 1.807) is 19.0 Å². The summed E-state index contributed by atoms with van der Waals surface area (Å²) in [6, 6.07) is 7.41. The van der Waals surface area contributed by atoms with Crippen LogP contribution in [0.2, 0.25) is 0 Å². The van der Waals surface area contributed by atoms with Crippen molar-refractivity contribution in [2.75, 3.05) is 27.2 Å². The maximum Gasteiger partial charge on any atom is 0.317 e. The summed E-state index contributed by atoms with van der Waals surface area (Å²) in [5, 5.41) is 4.67. The van der Waals surface area contributed by atoms with Gasteiger partial charge in [-0.15, -0.1) is 0 Å². The van der Waals surface area contributed by atoms with Gasteiger partial charge in [0.1, 0.15) is 0 Å². The van der Waals surface area contributed by atoms with Crippen molar-refractivity contribution in [3.63, 3.8) is 0 Å². The van der Waals surface area contributed by atoms with Gasteiger partial charge >= 0.3 is 6.03 Å². The smallest absolute Gasteiger partial charge is 0.317 e. The zero-order valence-electron chi connectivity index (χ0n) is 16.3. The van der Waals surface area contributed by atoms with E-state index in [4.69, 9.17) is 0 Å². The molecule has 2 aliphatic rings. The average Bonchev–Trinajstić information content (AvgIpc) is 2.93. The van der Waals surface area contributed by atoms with E-state index >= 15 is 0 Å². The second-order valence-corrected chi connectivity index (χ2v) is 8.15. The Kier molecular flexibility index (Phi) is 4.43. The van der Waals surface area contributed by atoms with Gasteiger partial charge in [0.2, 0.25) is 0 Å². The molecular formula is C21H30N4O. The predicted octanol–water partition coefficient (Wildman–Crippen LogP) is 3.24. The van der Waals surface area contributed by atoms with E-state index in [1.807, 2.05) is 0 Å². The number of aromatic nitrogens is 1. The maximum absolute atomic E-state index is 12.2. The van der Waals surface area contributed by atoms with Gasteiger partial charge in [0.25, 0.3) is 0 Å². The van der Waals surface area contributed by atoms with Gasteiger partial charge in [-0.05, 0) is 49.9 Å². The number of H-pyrrole nitrogens is 1. The fourth-order valence-electron chi connectivity index (χ4n) is 5.02. The van der Waals surface area contributed by atoms with Gasteiger partial charge in [0, 0.05) is 55.2 Å². The second kappa shape index (κ2) is 6.62. The minimum absolute atomic E-state index is 0.0112. The van der Waals surface area contributed by atoms with Gasteiger partial charge in [-0.3, -0.25) is 4.90 Å². The fourth-order valence-corrected chi connectivity index (χ4v) is 5.02. The number of aryl methyl sites for hydroxylation is 1. The SMILES string of the molecule is CCCN1C[C@@H](NC(=O)N(C)C)CC2c3cccc4[nH]c(C)c(c34)C[C@H]21. The van der Waals surface area contributed by atoms with Crippen molar-refractivity contribution in [2.45, 2.75) is 51.1 Å². The lowest BCUT2D eigenvalue weighted by Crippen LogP contribution is -2.57. The molecule has 2 heterocycles. The molecule has 0 saturated carbocycles. The first-order chi connectivity index (χ1) is 12.5. The lowest BCUT2D eigenvalue weighted by atomic mass is 9.73. The Hall–Kier alpha value is -2.01. The number of nitrogens with zero attached hydrogens (tertiary/aromatic N) is 2. The van der Waals surface area contributed by atoms with Crippen molar-refractivity contribution >= 4 is 16.9 Å². The predicted molar refractivity (Wildman–Crippen MR) is 106 cm³/mol. The molecule has 1 saturated heterocycles. The van der Waals surface area contributed by atoms with Crippen LogP contribution >= 0.6 is 0 Å². The van der Waals surface area contributed by atoms with Crippen LogP contribution in [0, 0.1) is 6.92 Å². The van der Waals surface area contributed by atoms with Gasteiger partial charge in [-0.25, -0.2) is 4.79 Å². The average molecular weight is 354 g/mol. The Labute approximate surface area is 155 Å². The Morgan fingerprint density at radius 2 is 2.19 bits per heavy atom. The number of fused-ring (bicyclic) bond motifs is 2. The number of aromatic amines is 1. The number of benzene rings is 1. The van der Waals surface area contributed by atoms with Gasteiger partial charge in [-0.2, -0.15) is 0 Å². The van der Waals surface area contributed by atoms with Crippen LogP contribution in [0.4, 0.5) is 4.79 Å². The number of likely N-dealkylation sites (tertiary alicyclic amines) is 1.